The molecule has 3 rings (SSSR count). The van der Waals surface area contributed by atoms with Crippen molar-refractivity contribution in [2.24, 2.45) is 0 Å². The molecule has 3 aromatic rings. The summed E-state index contributed by atoms with van der Waals surface area (Å²) in [6.07, 6.45) is 5.31. The van der Waals surface area contributed by atoms with Gasteiger partial charge in [0.1, 0.15) is 0 Å². The zero-order valence-electron chi connectivity index (χ0n) is 17.8. The SMILES string of the molecule is CCCCc1cccc(-c2cccc(-c3cccc(C(CC)(CC)P=O)c3)c2)c1. The summed E-state index contributed by atoms with van der Waals surface area (Å²) < 4.78 is 12.0. The van der Waals surface area contributed by atoms with Gasteiger partial charge in [0.05, 0.1) is 5.16 Å². The molecular formula is C27H31OP. The van der Waals surface area contributed by atoms with Crippen LogP contribution in [0.1, 0.15) is 57.6 Å². The minimum absolute atomic E-state index is 0.203. The fourth-order valence-corrected chi connectivity index (χ4v) is 4.50. The van der Waals surface area contributed by atoms with E-state index in [4.69, 9.17) is 0 Å². The van der Waals surface area contributed by atoms with Crippen LogP contribution in [0, 0.1) is 0 Å². The first-order valence-corrected chi connectivity index (χ1v) is 11.6. The molecule has 0 radical (unpaired) electrons. The maximum Gasteiger partial charge on any atom is 0.166 e. The Morgan fingerprint density at radius 3 is 1.86 bits per heavy atom. The van der Waals surface area contributed by atoms with Crippen molar-refractivity contribution >= 4 is 8.46 Å². The highest BCUT2D eigenvalue weighted by molar-refractivity contribution is 7.25. The van der Waals surface area contributed by atoms with Crippen LogP contribution in [0.15, 0.2) is 72.8 Å². The molecule has 0 aromatic heterocycles. The number of hydrogen-bond donors (Lipinski definition) is 0. The molecule has 0 bridgehead atoms. The van der Waals surface area contributed by atoms with Gasteiger partial charge in [0.2, 0.25) is 0 Å². The van der Waals surface area contributed by atoms with Crippen molar-refractivity contribution in [1.82, 2.24) is 0 Å². The van der Waals surface area contributed by atoms with Crippen LogP contribution in [0.25, 0.3) is 22.3 Å². The van der Waals surface area contributed by atoms with Crippen molar-refractivity contribution in [1.29, 1.82) is 0 Å². The molecule has 0 saturated carbocycles. The Bertz CT molecular complexity index is 956. The van der Waals surface area contributed by atoms with Gasteiger partial charge >= 0.3 is 0 Å². The van der Waals surface area contributed by atoms with E-state index < -0.39 is 0 Å². The molecule has 0 spiro atoms. The second-order valence-corrected chi connectivity index (χ2v) is 8.83. The first-order chi connectivity index (χ1) is 14.2. The van der Waals surface area contributed by atoms with E-state index in [9.17, 15) is 4.57 Å². The van der Waals surface area contributed by atoms with Crippen molar-refractivity contribution in [3.63, 3.8) is 0 Å². The van der Waals surface area contributed by atoms with Crippen LogP contribution in [0.5, 0.6) is 0 Å². The Morgan fingerprint density at radius 1 is 0.724 bits per heavy atom. The topological polar surface area (TPSA) is 17.1 Å². The predicted octanol–water partition coefficient (Wildman–Crippen LogP) is 8.67. The van der Waals surface area contributed by atoms with E-state index in [0.29, 0.717) is 0 Å². The molecule has 0 saturated heterocycles. The Hall–Kier alpha value is -2.24. The minimum Gasteiger partial charge on any atom is -0.274 e. The van der Waals surface area contributed by atoms with Crippen LogP contribution in [0.3, 0.4) is 0 Å². The van der Waals surface area contributed by atoms with Gasteiger partial charge in [-0.2, -0.15) is 0 Å². The Labute approximate surface area is 177 Å². The maximum atomic E-state index is 12.0. The lowest BCUT2D eigenvalue weighted by Crippen LogP contribution is -2.16. The summed E-state index contributed by atoms with van der Waals surface area (Å²) in [4.78, 5) is 0. The lowest BCUT2D eigenvalue weighted by atomic mass is 9.89. The quantitative estimate of drug-likeness (QED) is 0.327. The van der Waals surface area contributed by atoms with Gasteiger partial charge in [-0.05, 0) is 71.2 Å². The molecule has 3 aromatic carbocycles. The normalized spacial score (nSPS) is 11.7. The van der Waals surface area contributed by atoms with Gasteiger partial charge in [0, 0.05) is 0 Å². The van der Waals surface area contributed by atoms with Gasteiger partial charge in [-0.25, -0.2) is 0 Å². The average Bonchev–Trinajstić information content (AvgIpc) is 2.80. The molecule has 2 heteroatoms. The number of rotatable bonds is 9. The van der Waals surface area contributed by atoms with Gasteiger partial charge < -0.3 is 0 Å². The molecule has 0 amide bonds. The Kier molecular flexibility index (Phi) is 7.40. The van der Waals surface area contributed by atoms with Gasteiger partial charge in [-0.1, -0.05) is 87.9 Å². The molecule has 0 N–H and O–H groups in total. The Morgan fingerprint density at radius 2 is 1.28 bits per heavy atom. The predicted molar refractivity (Wildman–Crippen MR) is 126 cm³/mol. The van der Waals surface area contributed by atoms with E-state index in [1.807, 2.05) is 0 Å². The summed E-state index contributed by atoms with van der Waals surface area (Å²) in [5.41, 5.74) is 7.45. The van der Waals surface area contributed by atoms with Crippen molar-refractivity contribution in [3.05, 3.63) is 83.9 Å². The third-order valence-corrected chi connectivity index (χ3v) is 7.26. The monoisotopic (exact) mass is 402 g/mol. The van der Waals surface area contributed by atoms with E-state index in [1.54, 1.807) is 0 Å². The highest BCUT2D eigenvalue weighted by atomic mass is 31.1. The van der Waals surface area contributed by atoms with Crippen molar-refractivity contribution in [2.45, 2.75) is 58.0 Å². The van der Waals surface area contributed by atoms with E-state index >= 15 is 0 Å². The second kappa shape index (κ2) is 9.99. The number of hydrogen-bond acceptors (Lipinski definition) is 1. The van der Waals surface area contributed by atoms with Crippen LogP contribution in [0.2, 0.25) is 0 Å². The first kappa shape index (κ1) is 21.5. The first-order valence-electron chi connectivity index (χ1n) is 10.8. The van der Waals surface area contributed by atoms with Crippen LogP contribution in [-0.2, 0) is 16.1 Å². The van der Waals surface area contributed by atoms with Gasteiger partial charge in [0.15, 0.2) is 8.46 Å². The third kappa shape index (κ3) is 4.85. The molecule has 0 atom stereocenters. The summed E-state index contributed by atoms with van der Waals surface area (Å²) in [5.74, 6) is 0. The maximum absolute atomic E-state index is 12.0. The zero-order chi connectivity index (χ0) is 20.7. The molecule has 0 fully saturated rings. The molecule has 0 aliphatic carbocycles. The van der Waals surface area contributed by atoms with Crippen molar-refractivity contribution < 1.29 is 4.57 Å². The van der Waals surface area contributed by atoms with Gasteiger partial charge in [0.25, 0.3) is 0 Å². The molecule has 150 valence electrons. The molecule has 1 nitrogen and oxygen atoms in total. The van der Waals surface area contributed by atoms with E-state index in [1.165, 1.54) is 40.7 Å². The summed E-state index contributed by atoms with van der Waals surface area (Å²) in [6, 6.07) is 26.2. The third-order valence-electron chi connectivity index (χ3n) is 6.02. The van der Waals surface area contributed by atoms with Crippen LogP contribution in [-0.4, -0.2) is 0 Å². The lowest BCUT2D eigenvalue weighted by molar-refractivity contribution is 0.522. The minimum atomic E-state index is -0.290. The van der Waals surface area contributed by atoms with Crippen LogP contribution >= 0.6 is 8.46 Å². The number of aryl methyl sites for hydroxylation is 1. The van der Waals surface area contributed by atoms with E-state index in [-0.39, 0.29) is 13.6 Å². The molecule has 0 aliphatic rings. The van der Waals surface area contributed by atoms with Crippen LogP contribution < -0.4 is 0 Å². The molecule has 0 unspecified atom stereocenters. The highest BCUT2D eigenvalue weighted by Crippen LogP contribution is 2.42. The van der Waals surface area contributed by atoms with Gasteiger partial charge in [-0.15, -0.1) is 0 Å². The summed E-state index contributed by atoms with van der Waals surface area (Å²) in [7, 11) is 0.203. The largest absolute Gasteiger partial charge is 0.274 e. The van der Waals surface area contributed by atoms with Gasteiger partial charge in [-0.3, -0.25) is 4.57 Å². The van der Waals surface area contributed by atoms with Crippen LogP contribution in [0.4, 0.5) is 0 Å². The fourth-order valence-electron chi connectivity index (χ4n) is 3.99. The standard InChI is InChI=1S/C27H31OP/c1-4-7-11-21-12-8-13-22(18-21)23-14-9-15-24(19-23)25-16-10-17-26(20-25)27(5-2,6-3)29-28/h8-10,12-20H,4-7,11H2,1-3H3. The second-order valence-electron chi connectivity index (χ2n) is 7.80. The number of benzene rings is 3. The van der Waals surface area contributed by atoms with Crippen molar-refractivity contribution in [3.8, 4) is 22.3 Å². The molecule has 0 aliphatic heterocycles. The lowest BCUT2D eigenvalue weighted by Gasteiger charge is -2.24. The Balaban J connectivity index is 1.97. The average molecular weight is 403 g/mol. The highest BCUT2D eigenvalue weighted by Gasteiger charge is 2.29. The molecule has 0 heterocycles. The summed E-state index contributed by atoms with van der Waals surface area (Å²) >= 11 is 0. The number of unbranched alkanes of at least 4 members (excludes halogenated alkanes) is 1. The summed E-state index contributed by atoms with van der Waals surface area (Å²) in [6.45, 7) is 6.47. The molecule has 29 heavy (non-hydrogen) atoms. The summed E-state index contributed by atoms with van der Waals surface area (Å²) in [5, 5.41) is -0.290. The van der Waals surface area contributed by atoms with E-state index in [0.717, 1.165) is 24.8 Å². The molecular weight excluding hydrogens is 371 g/mol. The zero-order valence-corrected chi connectivity index (χ0v) is 18.7. The smallest absolute Gasteiger partial charge is 0.166 e. The fraction of sp³-hybridized carbons (Fsp3) is 0.333. The van der Waals surface area contributed by atoms with Crippen molar-refractivity contribution in [2.75, 3.05) is 0 Å². The van der Waals surface area contributed by atoms with E-state index in [2.05, 4.69) is 93.6 Å².